The Morgan fingerprint density at radius 3 is 2.33 bits per heavy atom. The Kier molecular flexibility index (Phi) is 5.97. The summed E-state index contributed by atoms with van der Waals surface area (Å²) in [6.45, 7) is 2.34. The van der Waals surface area contributed by atoms with Gasteiger partial charge in [0.05, 0.1) is 6.10 Å². The molecule has 2 fully saturated rings. The summed E-state index contributed by atoms with van der Waals surface area (Å²) in [5, 5.41) is 3.95. The van der Waals surface area contributed by atoms with Crippen LogP contribution in [0.5, 0.6) is 0 Å². The Morgan fingerprint density at radius 1 is 1.00 bits per heavy atom. The number of hydrogen-bond donors (Lipinski definition) is 1. The third-order valence-corrected chi connectivity index (χ3v) is 5.09. The molecule has 3 unspecified atom stereocenters. The van der Waals surface area contributed by atoms with Gasteiger partial charge in [0.25, 0.3) is 0 Å². The first kappa shape index (κ1) is 14.3. The molecule has 3 atom stereocenters. The summed E-state index contributed by atoms with van der Waals surface area (Å²) in [5.41, 5.74) is 0. The second kappa shape index (κ2) is 7.49. The molecule has 0 spiro atoms. The molecule has 0 heterocycles. The van der Waals surface area contributed by atoms with E-state index in [1.54, 1.807) is 0 Å². The maximum Gasteiger partial charge on any atom is 0.0724 e. The van der Waals surface area contributed by atoms with Gasteiger partial charge in [-0.1, -0.05) is 39.0 Å². The van der Waals surface area contributed by atoms with E-state index in [2.05, 4.69) is 12.2 Å². The van der Waals surface area contributed by atoms with Gasteiger partial charge < -0.3 is 10.1 Å². The third-order valence-electron chi connectivity index (χ3n) is 5.09. The molecule has 0 aliphatic heterocycles. The van der Waals surface area contributed by atoms with Crippen molar-refractivity contribution in [3.8, 4) is 0 Å². The number of nitrogens with one attached hydrogen (secondary N) is 1. The van der Waals surface area contributed by atoms with E-state index in [4.69, 9.17) is 4.74 Å². The van der Waals surface area contributed by atoms with Crippen molar-refractivity contribution in [1.82, 2.24) is 5.32 Å². The van der Waals surface area contributed by atoms with Crippen LogP contribution in [0.15, 0.2) is 0 Å². The first-order valence-corrected chi connectivity index (χ1v) is 8.14. The van der Waals surface area contributed by atoms with Crippen molar-refractivity contribution in [2.75, 3.05) is 7.11 Å². The second-order valence-corrected chi connectivity index (χ2v) is 6.24. The second-order valence-electron chi connectivity index (χ2n) is 6.24. The van der Waals surface area contributed by atoms with Crippen molar-refractivity contribution in [3.05, 3.63) is 0 Å². The van der Waals surface area contributed by atoms with Gasteiger partial charge in [-0.3, -0.25) is 0 Å². The molecule has 2 aliphatic carbocycles. The van der Waals surface area contributed by atoms with Crippen LogP contribution in [0.1, 0.15) is 71.1 Å². The van der Waals surface area contributed by atoms with Gasteiger partial charge in [0, 0.05) is 19.2 Å². The normalized spacial score (nSPS) is 32.3. The lowest BCUT2D eigenvalue weighted by atomic mass is 9.81. The number of ether oxygens (including phenoxy) is 1. The van der Waals surface area contributed by atoms with E-state index in [0.717, 1.165) is 12.0 Å². The standard InChI is InChI=1S/C16H31NO/c1-3-14(13-9-5-4-6-10-13)17-15-11-7-8-12-16(15)18-2/h13-17H,3-12H2,1-2H3. The van der Waals surface area contributed by atoms with E-state index in [0.29, 0.717) is 12.1 Å². The molecule has 2 nitrogen and oxygen atoms in total. The minimum atomic E-state index is 0.455. The summed E-state index contributed by atoms with van der Waals surface area (Å²) in [4.78, 5) is 0. The number of methoxy groups -OCH3 is 1. The molecule has 106 valence electrons. The highest BCUT2D eigenvalue weighted by molar-refractivity contribution is 4.87. The summed E-state index contributed by atoms with van der Waals surface area (Å²) in [6, 6.07) is 1.33. The van der Waals surface area contributed by atoms with Crippen LogP contribution < -0.4 is 5.32 Å². The van der Waals surface area contributed by atoms with E-state index in [9.17, 15) is 0 Å². The Hall–Kier alpha value is -0.0800. The summed E-state index contributed by atoms with van der Waals surface area (Å²) in [6.07, 6.45) is 14.2. The van der Waals surface area contributed by atoms with Crippen LogP contribution in [0.4, 0.5) is 0 Å². The summed E-state index contributed by atoms with van der Waals surface area (Å²) in [7, 11) is 1.88. The predicted octanol–water partition coefficient (Wildman–Crippen LogP) is 3.89. The smallest absolute Gasteiger partial charge is 0.0724 e. The zero-order valence-corrected chi connectivity index (χ0v) is 12.3. The molecule has 0 bridgehead atoms. The molecular weight excluding hydrogens is 222 g/mol. The largest absolute Gasteiger partial charge is 0.380 e. The van der Waals surface area contributed by atoms with Gasteiger partial charge in [-0.15, -0.1) is 0 Å². The van der Waals surface area contributed by atoms with Crippen LogP contribution in [0.2, 0.25) is 0 Å². The molecule has 0 saturated heterocycles. The first-order valence-electron chi connectivity index (χ1n) is 8.14. The molecule has 0 aromatic rings. The topological polar surface area (TPSA) is 21.3 Å². The Balaban J connectivity index is 1.87. The van der Waals surface area contributed by atoms with Gasteiger partial charge in [0.15, 0.2) is 0 Å². The molecule has 0 amide bonds. The Morgan fingerprint density at radius 2 is 1.67 bits per heavy atom. The highest BCUT2D eigenvalue weighted by Crippen LogP contribution is 2.29. The van der Waals surface area contributed by atoms with Crippen LogP contribution in [0.25, 0.3) is 0 Å². The molecule has 2 aliphatic rings. The van der Waals surface area contributed by atoms with Gasteiger partial charge in [-0.2, -0.15) is 0 Å². The van der Waals surface area contributed by atoms with E-state index >= 15 is 0 Å². The summed E-state index contributed by atoms with van der Waals surface area (Å²) < 4.78 is 5.67. The molecule has 2 rings (SSSR count). The highest BCUT2D eigenvalue weighted by Gasteiger charge is 2.29. The molecule has 2 saturated carbocycles. The molecule has 0 aromatic carbocycles. The van der Waals surface area contributed by atoms with E-state index < -0.39 is 0 Å². The maximum absolute atomic E-state index is 5.67. The fourth-order valence-corrected chi connectivity index (χ4v) is 3.97. The van der Waals surface area contributed by atoms with Crippen molar-refractivity contribution in [1.29, 1.82) is 0 Å². The average molecular weight is 253 g/mol. The quantitative estimate of drug-likeness (QED) is 0.802. The molecule has 0 aromatic heterocycles. The van der Waals surface area contributed by atoms with Crippen molar-refractivity contribution < 1.29 is 4.74 Å². The Bertz CT molecular complexity index is 225. The van der Waals surface area contributed by atoms with Gasteiger partial charge >= 0.3 is 0 Å². The lowest BCUT2D eigenvalue weighted by Crippen LogP contribution is -2.50. The van der Waals surface area contributed by atoms with Crippen LogP contribution in [-0.2, 0) is 4.74 Å². The maximum atomic E-state index is 5.67. The van der Waals surface area contributed by atoms with Crippen molar-refractivity contribution >= 4 is 0 Å². The molecule has 18 heavy (non-hydrogen) atoms. The predicted molar refractivity (Wildman–Crippen MR) is 76.8 cm³/mol. The highest BCUT2D eigenvalue weighted by atomic mass is 16.5. The van der Waals surface area contributed by atoms with E-state index in [1.165, 1.54) is 64.2 Å². The molecule has 1 N–H and O–H groups in total. The lowest BCUT2D eigenvalue weighted by molar-refractivity contribution is 0.0328. The van der Waals surface area contributed by atoms with E-state index in [-0.39, 0.29) is 0 Å². The fraction of sp³-hybridized carbons (Fsp3) is 1.00. The van der Waals surface area contributed by atoms with Crippen LogP contribution in [-0.4, -0.2) is 25.3 Å². The minimum absolute atomic E-state index is 0.455. The van der Waals surface area contributed by atoms with Gasteiger partial charge in [0.1, 0.15) is 0 Å². The Labute approximate surface area is 113 Å². The van der Waals surface area contributed by atoms with Crippen molar-refractivity contribution in [2.45, 2.75) is 89.3 Å². The van der Waals surface area contributed by atoms with Crippen molar-refractivity contribution in [2.24, 2.45) is 5.92 Å². The molecule has 2 heteroatoms. The van der Waals surface area contributed by atoms with Gasteiger partial charge in [0.2, 0.25) is 0 Å². The summed E-state index contributed by atoms with van der Waals surface area (Å²) >= 11 is 0. The number of rotatable bonds is 5. The van der Waals surface area contributed by atoms with Gasteiger partial charge in [-0.25, -0.2) is 0 Å². The zero-order chi connectivity index (χ0) is 12.8. The fourth-order valence-electron chi connectivity index (χ4n) is 3.97. The first-order chi connectivity index (χ1) is 8.85. The average Bonchev–Trinajstić information content (AvgIpc) is 2.46. The minimum Gasteiger partial charge on any atom is -0.380 e. The molecule has 0 radical (unpaired) electrons. The zero-order valence-electron chi connectivity index (χ0n) is 12.3. The third kappa shape index (κ3) is 3.71. The lowest BCUT2D eigenvalue weighted by Gasteiger charge is -2.38. The number of hydrogen-bond acceptors (Lipinski definition) is 2. The monoisotopic (exact) mass is 253 g/mol. The van der Waals surface area contributed by atoms with Crippen LogP contribution in [0, 0.1) is 5.92 Å². The van der Waals surface area contributed by atoms with E-state index in [1.807, 2.05) is 7.11 Å². The van der Waals surface area contributed by atoms with Crippen LogP contribution >= 0.6 is 0 Å². The molecular formula is C16H31NO. The SMILES string of the molecule is CCC(NC1CCCCC1OC)C1CCCCC1. The summed E-state index contributed by atoms with van der Waals surface area (Å²) in [5.74, 6) is 0.920. The van der Waals surface area contributed by atoms with Crippen molar-refractivity contribution in [3.63, 3.8) is 0 Å². The van der Waals surface area contributed by atoms with Gasteiger partial charge in [-0.05, 0) is 38.0 Å². The van der Waals surface area contributed by atoms with Crippen LogP contribution in [0.3, 0.4) is 0 Å².